The highest BCUT2D eigenvalue weighted by Crippen LogP contribution is 2.29. The molecule has 3 rings (SSSR count). The first-order valence-corrected chi connectivity index (χ1v) is 15.4. The van der Waals surface area contributed by atoms with Crippen molar-refractivity contribution >= 4 is 50.7 Å². The number of halogens is 2. The largest absolute Gasteiger partial charge is 0.357 e. The monoisotopic (exact) mass is 603 g/mol. The zero-order valence-corrected chi connectivity index (χ0v) is 25.6. The maximum absolute atomic E-state index is 14.0. The van der Waals surface area contributed by atoms with E-state index in [1.807, 2.05) is 42.5 Å². The van der Waals surface area contributed by atoms with Crippen LogP contribution in [0.1, 0.15) is 37.5 Å². The van der Waals surface area contributed by atoms with Crippen LogP contribution in [0.2, 0.25) is 10.0 Å². The van der Waals surface area contributed by atoms with Gasteiger partial charge in [0, 0.05) is 35.6 Å². The zero-order valence-electron chi connectivity index (χ0n) is 23.3. The number of sulfonamides is 1. The Balaban J connectivity index is 2.06. The van der Waals surface area contributed by atoms with Crippen LogP contribution in [0.25, 0.3) is 0 Å². The van der Waals surface area contributed by atoms with E-state index in [2.05, 4.69) is 26.1 Å². The third-order valence-electron chi connectivity index (χ3n) is 6.61. The third-order valence-corrected chi connectivity index (χ3v) is 8.46. The number of rotatable bonds is 10. The first-order valence-electron chi connectivity index (χ1n) is 12.8. The lowest BCUT2D eigenvalue weighted by Crippen LogP contribution is -2.53. The standard InChI is InChI=1S/C30H35Cl2N3O4S/c1-30(2,3)22-14-16-23(17-15-22)35(40(5,38)39)20-28(36)34(19-24-25(31)12-9-13-26(24)32)27(29(37)33-4)18-21-10-7-6-8-11-21/h6-17,27H,18-20H2,1-5H3,(H,33,37)/t27-/m1/s1. The van der Waals surface area contributed by atoms with Crippen molar-refractivity contribution in [1.29, 1.82) is 0 Å². The van der Waals surface area contributed by atoms with Gasteiger partial charge in [-0.1, -0.05) is 92.5 Å². The molecular formula is C30H35Cl2N3O4S. The lowest BCUT2D eigenvalue weighted by molar-refractivity contribution is -0.139. The molecular weight excluding hydrogens is 569 g/mol. The summed E-state index contributed by atoms with van der Waals surface area (Å²) in [6, 6.07) is 20.4. The second-order valence-corrected chi connectivity index (χ2v) is 13.3. The Morgan fingerprint density at radius 1 is 0.900 bits per heavy atom. The van der Waals surface area contributed by atoms with Crippen molar-refractivity contribution in [3.05, 3.63) is 99.5 Å². The highest BCUT2D eigenvalue weighted by Gasteiger charge is 2.33. The second kappa shape index (κ2) is 13.1. The van der Waals surface area contributed by atoms with E-state index < -0.39 is 34.4 Å². The van der Waals surface area contributed by atoms with Crippen LogP contribution < -0.4 is 9.62 Å². The summed E-state index contributed by atoms with van der Waals surface area (Å²) >= 11 is 12.9. The van der Waals surface area contributed by atoms with Crippen molar-refractivity contribution in [1.82, 2.24) is 10.2 Å². The first-order chi connectivity index (χ1) is 18.7. The molecule has 2 amide bonds. The summed E-state index contributed by atoms with van der Waals surface area (Å²) in [5.74, 6) is -0.980. The number of nitrogens with one attached hydrogen (secondary N) is 1. The fraction of sp³-hybridized carbons (Fsp3) is 0.333. The van der Waals surface area contributed by atoms with E-state index in [0.29, 0.717) is 21.3 Å². The van der Waals surface area contributed by atoms with Gasteiger partial charge >= 0.3 is 0 Å². The fourth-order valence-electron chi connectivity index (χ4n) is 4.32. The van der Waals surface area contributed by atoms with Crippen molar-refractivity contribution in [2.24, 2.45) is 0 Å². The highest BCUT2D eigenvalue weighted by molar-refractivity contribution is 7.92. The Labute approximate surface area is 247 Å². The van der Waals surface area contributed by atoms with E-state index in [9.17, 15) is 18.0 Å². The number of nitrogens with zero attached hydrogens (tertiary/aromatic N) is 2. The van der Waals surface area contributed by atoms with E-state index in [4.69, 9.17) is 23.2 Å². The van der Waals surface area contributed by atoms with Gasteiger partial charge in [0.1, 0.15) is 12.6 Å². The van der Waals surface area contributed by atoms with Crippen LogP contribution >= 0.6 is 23.2 Å². The van der Waals surface area contributed by atoms with Crippen molar-refractivity contribution in [3.8, 4) is 0 Å². The van der Waals surface area contributed by atoms with Gasteiger partial charge in [0.2, 0.25) is 21.8 Å². The molecule has 0 aliphatic heterocycles. The van der Waals surface area contributed by atoms with Gasteiger partial charge in [-0.25, -0.2) is 8.42 Å². The molecule has 40 heavy (non-hydrogen) atoms. The van der Waals surface area contributed by atoms with Crippen LogP contribution in [-0.4, -0.2) is 51.0 Å². The number of likely N-dealkylation sites (N-methyl/N-ethyl adjacent to an activating group) is 1. The number of hydrogen-bond acceptors (Lipinski definition) is 4. The Morgan fingerprint density at radius 2 is 1.48 bits per heavy atom. The summed E-state index contributed by atoms with van der Waals surface area (Å²) in [5, 5.41) is 3.30. The summed E-state index contributed by atoms with van der Waals surface area (Å²) in [5.41, 5.74) is 2.53. The lowest BCUT2D eigenvalue weighted by atomic mass is 9.87. The van der Waals surface area contributed by atoms with Crippen molar-refractivity contribution < 1.29 is 18.0 Å². The highest BCUT2D eigenvalue weighted by atomic mass is 35.5. The molecule has 7 nitrogen and oxygen atoms in total. The topological polar surface area (TPSA) is 86.8 Å². The molecule has 0 bridgehead atoms. The van der Waals surface area contributed by atoms with Crippen LogP contribution in [0.5, 0.6) is 0 Å². The summed E-state index contributed by atoms with van der Waals surface area (Å²) in [7, 11) is -2.37. The van der Waals surface area contributed by atoms with Crippen molar-refractivity contribution in [3.63, 3.8) is 0 Å². The smallest absolute Gasteiger partial charge is 0.244 e. The maximum atomic E-state index is 14.0. The molecule has 3 aromatic rings. The molecule has 1 N–H and O–H groups in total. The Kier molecular flexibility index (Phi) is 10.3. The molecule has 0 spiro atoms. The Bertz CT molecular complexity index is 1420. The number of hydrogen-bond donors (Lipinski definition) is 1. The molecule has 214 valence electrons. The van der Waals surface area contributed by atoms with E-state index >= 15 is 0 Å². The van der Waals surface area contributed by atoms with Crippen LogP contribution in [0.4, 0.5) is 5.69 Å². The molecule has 0 aromatic heterocycles. The lowest BCUT2D eigenvalue weighted by Gasteiger charge is -2.33. The molecule has 0 unspecified atom stereocenters. The minimum absolute atomic E-state index is 0.0944. The number of carbonyl (C=O) groups is 2. The van der Waals surface area contributed by atoms with Gasteiger partial charge in [-0.05, 0) is 40.8 Å². The Hall–Kier alpha value is -3.07. The molecule has 0 fully saturated rings. The average molecular weight is 605 g/mol. The molecule has 0 heterocycles. The molecule has 10 heteroatoms. The van der Waals surface area contributed by atoms with Crippen molar-refractivity contribution in [2.75, 3.05) is 24.2 Å². The first kappa shape index (κ1) is 31.5. The third kappa shape index (κ3) is 7.99. The van der Waals surface area contributed by atoms with Crippen LogP contribution in [0.15, 0.2) is 72.8 Å². The second-order valence-electron chi connectivity index (χ2n) is 10.6. The van der Waals surface area contributed by atoms with Gasteiger partial charge in [-0.2, -0.15) is 0 Å². The fourth-order valence-corrected chi connectivity index (χ4v) is 5.68. The van der Waals surface area contributed by atoms with E-state index in [1.54, 1.807) is 30.3 Å². The van der Waals surface area contributed by atoms with Crippen LogP contribution in [0.3, 0.4) is 0 Å². The summed E-state index contributed by atoms with van der Waals surface area (Å²) < 4.78 is 26.9. The van der Waals surface area contributed by atoms with Gasteiger partial charge < -0.3 is 10.2 Å². The minimum atomic E-state index is -3.86. The SMILES string of the molecule is CNC(=O)[C@@H](Cc1ccccc1)N(Cc1c(Cl)cccc1Cl)C(=O)CN(c1ccc(C(C)(C)C)cc1)S(C)(=O)=O. The van der Waals surface area contributed by atoms with Gasteiger partial charge in [0.25, 0.3) is 0 Å². The molecule has 0 aliphatic carbocycles. The van der Waals surface area contributed by atoms with Gasteiger partial charge in [-0.3, -0.25) is 13.9 Å². The molecule has 0 aliphatic rings. The van der Waals surface area contributed by atoms with Gasteiger partial charge in [0.05, 0.1) is 11.9 Å². The summed E-state index contributed by atoms with van der Waals surface area (Å²) in [4.78, 5) is 28.6. The van der Waals surface area contributed by atoms with Gasteiger partial charge in [-0.15, -0.1) is 0 Å². The number of benzene rings is 3. The molecule has 0 saturated heterocycles. The van der Waals surface area contributed by atoms with Crippen molar-refractivity contribution in [2.45, 2.75) is 45.2 Å². The normalized spacial score (nSPS) is 12.5. The van der Waals surface area contributed by atoms with E-state index in [1.165, 1.54) is 11.9 Å². The maximum Gasteiger partial charge on any atom is 0.244 e. The minimum Gasteiger partial charge on any atom is -0.357 e. The number of anilines is 1. The molecule has 1 atom stereocenters. The van der Waals surface area contributed by atoms with Crippen LogP contribution in [0, 0.1) is 0 Å². The summed E-state index contributed by atoms with van der Waals surface area (Å²) in [6.07, 6.45) is 1.25. The number of carbonyl (C=O) groups excluding carboxylic acids is 2. The predicted molar refractivity (Wildman–Crippen MR) is 162 cm³/mol. The average Bonchev–Trinajstić information content (AvgIpc) is 2.89. The quantitative estimate of drug-likeness (QED) is 0.334. The predicted octanol–water partition coefficient (Wildman–Crippen LogP) is 5.44. The summed E-state index contributed by atoms with van der Waals surface area (Å²) in [6.45, 7) is 5.57. The van der Waals surface area contributed by atoms with E-state index in [-0.39, 0.29) is 18.4 Å². The number of amides is 2. The zero-order chi connectivity index (χ0) is 29.7. The molecule has 0 radical (unpaired) electrons. The Morgan fingerprint density at radius 3 is 1.98 bits per heavy atom. The van der Waals surface area contributed by atoms with Gasteiger partial charge in [0.15, 0.2) is 0 Å². The molecule has 3 aromatic carbocycles. The van der Waals surface area contributed by atoms with E-state index in [0.717, 1.165) is 21.7 Å². The van der Waals surface area contributed by atoms with Crippen LogP contribution in [-0.2, 0) is 38.0 Å². The molecule has 0 saturated carbocycles.